The molecule has 2 aromatic heterocycles. The molecule has 36 heavy (non-hydrogen) atoms. The smallest absolute Gasteiger partial charge is 0.272 e. The summed E-state index contributed by atoms with van der Waals surface area (Å²) in [5, 5.41) is 1.55. The molecule has 1 fully saturated rings. The summed E-state index contributed by atoms with van der Waals surface area (Å²) in [6, 6.07) is 4.67. The molecule has 1 aromatic carbocycles. The van der Waals surface area contributed by atoms with Crippen molar-refractivity contribution in [3.63, 3.8) is 0 Å². The number of carbonyl (C=O) groups excluding carboxylic acids is 1. The second-order valence-electron chi connectivity index (χ2n) is 9.42. The largest absolute Gasteiger partial charge is 0.283 e. The molecule has 1 N–H and O–H groups in total. The first kappa shape index (κ1) is 25.5. The average Bonchev–Trinajstić information content (AvgIpc) is 2.85. The third-order valence-corrected chi connectivity index (χ3v) is 6.15. The predicted octanol–water partition coefficient (Wildman–Crippen LogP) is 5.92. The van der Waals surface area contributed by atoms with E-state index in [2.05, 4.69) is 20.4 Å². The average molecular weight is 502 g/mol. The molecule has 4 rings (SSSR count). The van der Waals surface area contributed by atoms with Crippen molar-refractivity contribution >= 4 is 11.6 Å². The van der Waals surface area contributed by atoms with E-state index in [9.17, 15) is 22.4 Å². The number of nitrogens with one attached hydrogen (secondary N) is 1. The Balaban J connectivity index is 1.85. The minimum atomic E-state index is -2.75. The Kier molecular flexibility index (Phi) is 7.51. The van der Waals surface area contributed by atoms with Gasteiger partial charge in [0.05, 0.1) is 16.9 Å². The van der Waals surface area contributed by atoms with Crippen LogP contribution >= 0.6 is 0 Å². The van der Waals surface area contributed by atoms with E-state index in [0.717, 1.165) is 18.2 Å². The Labute approximate surface area is 206 Å². The number of hydrogen-bond acceptors (Lipinski definition) is 5. The maximum absolute atomic E-state index is 15.0. The molecule has 1 aliphatic rings. The van der Waals surface area contributed by atoms with Gasteiger partial charge in [0.25, 0.3) is 5.91 Å². The fourth-order valence-electron chi connectivity index (χ4n) is 4.45. The van der Waals surface area contributed by atoms with Gasteiger partial charge in [-0.3, -0.25) is 20.2 Å². The summed E-state index contributed by atoms with van der Waals surface area (Å²) < 4.78 is 57.0. The van der Waals surface area contributed by atoms with E-state index >= 15 is 0 Å². The fraction of sp³-hybridized carbons (Fsp3) is 0.385. The van der Waals surface area contributed by atoms with Gasteiger partial charge in [-0.2, -0.15) is 0 Å². The molecule has 2 heterocycles. The highest BCUT2D eigenvalue weighted by Crippen LogP contribution is 2.45. The molecule has 1 aliphatic carbocycles. The molecule has 0 atom stereocenters. The number of hydrogen-bond donors (Lipinski definition) is 1. The predicted molar refractivity (Wildman–Crippen MR) is 127 cm³/mol. The topological polar surface area (TPSA) is 71.0 Å². The van der Waals surface area contributed by atoms with Gasteiger partial charge in [0.2, 0.25) is 5.92 Å². The van der Waals surface area contributed by atoms with Crippen molar-refractivity contribution in [3.8, 4) is 11.1 Å². The van der Waals surface area contributed by atoms with Crippen LogP contribution in [0, 0.1) is 17.6 Å². The first-order valence-corrected chi connectivity index (χ1v) is 11.8. The van der Waals surface area contributed by atoms with E-state index in [0.29, 0.717) is 23.5 Å². The van der Waals surface area contributed by atoms with Gasteiger partial charge in [0.1, 0.15) is 18.0 Å². The van der Waals surface area contributed by atoms with Crippen molar-refractivity contribution in [2.24, 2.45) is 5.92 Å². The lowest BCUT2D eigenvalue weighted by Gasteiger charge is -2.34. The zero-order valence-corrected chi connectivity index (χ0v) is 20.0. The first-order chi connectivity index (χ1) is 17.1. The number of aromatic nitrogens is 3. The molecule has 3 aromatic rings. The van der Waals surface area contributed by atoms with Crippen LogP contribution in [0.5, 0.6) is 0 Å². The number of hydrazine groups is 1. The number of amides is 1. The highest BCUT2D eigenvalue weighted by atomic mass is 19.3. The lowest BCUT2D eigenvalue weighted by molar-refractivity contribution is -0.0384. The number of nitrogens with zero attached hydrogens (tertiary/aromatic N) is 4. The van der Waals surface area contributed by atoms with E-state index in [1.165, 1.54) is 24.9 Å². The molecule has 1 amide bonds. The quantitative estimate of drug-likeness (QED) is 0.322. The van der Waals surface area contributed by atoms with Crippen molar-refractivity contribution in [1.29, 1.82) is 0 Å². The van der Waals surface area contributed by atoms with Crippen molar-refractivity contribution < 1.29 is 22.4 Å². The van der Waals surface area contributed by atoms with Gasteiger partial charge in [0.15, 0.2) is 0 Å². The summed E-state index contributed by atoms with van der Waals surface area (Å²) in [7, 11) is 0. The van der Waals surface area contributed by atoms with Gasteiger partial charge >= 0.3 is 0 Å². The van der Waals surface area contributed by atoms with Crippen LogP contribution in [0.1, 0.15) is 61.5 Å². The van der Waals surface area contributed by atoms with Gasteiger partial charge in [-0.25, -0.2) is 27.5 Å². The van der Waals surface area contributed by atoms with E-state index in [-0.39, 0.29) is 48.6 Å². The number of alkyl halides is 2. The number of halogens is 4. The Hall–Kier alpha value is -3.56. The third-order valence-electron chi connectivity index (χ3n) is 6.15. The molecule has 190 valence electrons. The fourth-order valence-corrected chi connectivity index (χ4v) is 4.45. The summed E-state index contributed by atoms with van der Waals surface area (Å²) in [4.78, 5) is 25.3. The molecular formula is C26H27F4N5O. The molecule has 0 bridgehead atoms. The minimum Gasteiger partial charge on any atom is -0.283 e. The Morgan fingerprint density at radius 1 is 1.11 bits per heavy atom. The summed E-state index contributed by atoms with van der Waals surface area (Å²) in [5.74, 6) is -4.85. The molecular weight excluding hydrogens is 474 g/mol. The Morgan fingerprint density at radius 2 is 1.81 bits per heavy atom. The molecule has 6 nitrogen and oxygen atoms in total. The summed E-state index contributed by atoms with van der Waals surface area (Å²) in [6.07, 6.45) is 5.24. The van der Waals surface area contributed by atoms with Crippen molar-refractivity contribution in [1.82, 2.24) is 20.4 Å². The maximum Gasteiger partial charge on any atom is 0.272 e. The lowest BCUT2D eigenvalue weighted by atomic mass is 9.83. The SMILES string of the molecule is CC(C)CN(NC(=O)c1cncnc1)c1c(-c2cc(F)ccc2F)ccnc1C1CCC(F)(F)CC1. The van der Waals surface area contributed by atoms with E-state index in [4.69, 9.17) is 0 Å². The monoisotopic (exact) mass is 501 g/mol. The first-order valence-electron chi connectivity index (χ1n) is 11.8. The molecule has 0 radical (unpaired) electrons. The summed E-state index contributed by atoms with van der Waals surface area (Å²) in [6.45, 7) is 4.17. The van der Waals surface area contributed by atoms with Gasteiger partial charge in [-0.05, 0) is 43.0 Å². The second kappa shape index (κ2) is 10.6. The van der Waals surface area contributed by atoms with E-state index < -0.39 is 23.5 Å². The van der Waals surface area contributed by atoms with Crippen LogP contribution in [-0.2, 0) is 0 Å². The molecule has 0 aliphatic heterocycles. The van der Waals surface area contributed by atoms with Crippen LogP contribution < -0.4 is 10.4 Å². The van der Waals surface area contributed by atoms with Crippen LogP contribution in [0.2, 0.25) is 0 Å². The lowest BCUT2D eigenvalue weighted by Crippen LogP contribution is -2.45. The van der Waals surface area contributed by atoms with Crippen molar-refractivity contribution in [3.05, 3.63) is 72.1 Å². The van der Waals surface area contributed by atoms with Crippen LogP contribution in [-0.4, -0.2) is 33.3 Å². The minimum absolute atomic E-state index is 0.0131. The summed E-state index contributed by atoms with van der Waals surface area (Å²) in [5.41, 5.74) is 4.14. The van der Waals surface area contributed by atoms with Gasteiger partial charge in [0, 0.05) is 55.0 Å². The van der Waals surface area contributed by atoms with Gasteiger partial charge < -0.3 is 0 Å². The summed E-state index contributed by atoms with van der Waals surface area (Å²) >= 11 is 0. The molecule has 0 unspecified atom stereocenters. The third kappa shape index (κ3) is 5.80. The standard InChI is InChI=1S/C26H27F4N5O/c1-16(2)14-35(34-25(36)18-12-31-15-32-13-18)24-20(21-11-19(27)3-4-22(21)28)7-10-33-23(24)17-5-8-26(29,30)9-6-17/h3-4,7,10-13,15-17H,5-6,8-9,14H2,1-2H3,(H,34,36). The van der Waals surface area contributed by atoms with E-state index in [1.807, 2.05) is 13.8 Å². The molecule has 1 saturated carbocycles. The van der Waals surface area contributed by atoms with Gasteiger partial charge in [-0.15, -0.1) is 0 Å². The number of carbonyl (C=O) groups is 1. The van der Waals surface area contributed by atoms with E-state index in [1.54, 1.807) is 11.1 Å². The number of rotatable bonds is 7. The highest BCUT2D eigenvalue weighted by molar-refractivity contribution is 5.95. The van der Waals surface area contributed by atoms with Crippen LogP contribution in [0.3, 0.4) is 0 Å². The molecule has 0 saturated heterocycles. The normalized spacial score (nSPS) is 15.6. The number of anilines is 1. The van der Waals surface area contributed by atoms with Crippen molar-refractivity contribution in [2.75, 3.05) is 11.6 Å². The number of pyridine rings is 1. The van der Waals surface area contributed by atoms with Crippen LogP contribution in [0.15, 0.2) is 49.2 Å². The Bertz CT molecular complexity index is 1210. The van der Waals surface area contributed by atoms with Crippen molar-refractivity contribution in [2.45, 2.75) is 51.4 Å². The zero-order valence-electron chi connectivity index (χ0n) is 20.0. The zero-order chi connectivity index (χ0) is 25.9. The molecule has 0 spiro atoms. The van der Waals surface area contributed by atoms with Crippen LogP contribution in [0.25, 0.3) is 11.1 Å². The van der Waals surface area contributed by atoms with Crippen LogP contribution in [0.4, 0.5) is 23.2 Å². The van der Waals surface area contributed by atoms with Gasteiger partial charge in [-0.1, -0.05) is 13.8 Å². The Morgan fingerprint density at radius 3 is 2.47 bits per heavy atom. The number of benzene rings is 1. The highest BCUT2D eigenvalue weighted by Gasteiger charge is 2.38. The second-order valence-corrected chi connectivity index (χ2v) is 9.42. The molecule has 10 heteroatoms. The maximum atomic E-state index is 15.0.